The first kappa shape index (κ1) is 18.6. The van der Waals surface area contributed by atoms with Gasteiger partial charge in [0.2, 0.25) is 10.0 Å². The molecule has 1 aromatic rings. The summed E-state index contributed by atoms with van der Waals surface area (Å²) in [5.41, 5.74) is 6.37. The lowest BCUT2D eigenvalue weighted by Crippen LogP contribution is -2.34. The van der Waals surface area contributed by atoms with Crippen LogP contribution in [0.4, 0.5) is 0 Å². The highest BCUT2D eigenvalue weighted by molar-refractivity contribution is 7.89. The molecule has 1 atom stereocenters. The number of benzene rings is 1. The summed E-state index contributed by atoms with van der Waals surface area (Å²) in [6.07, 6.45) is 0.601. The van der Waals surface area contributed by atoms with Gasteiger partial charge < -0.3 is 11.1 Å². The molecular weight excluding hydrogens is 302 g/mol. The lowest BCUT2D eigenvalue weighted by atomic mass is 10.0. The third kappa shape index (κ3) is 4.53. The predicted molar refractivity (Wildman–Crippen MR) is 87.1 cm³/mol. The monoisotopic (exact) mass is 327 g/mol. The fraction of sp³-hybridized carbons (Fsp3) is 0.533. The number of carbonyl (C=O) groups excluding carboxylic acids is 1. The Morgan fingerprint density at radius 3 is 2.27 bits per heavy atom. The van der Waals surface area contributed by atoms with E-state index in [2.05, 4.69) is 5.32 Å². The summed E-state index contributed by atoms with van der Waals surface area (Å²) < 4.78 is 26.2. The fourth-order valence-electron chi connectivity index (χ4n) is 1.89. The Bertz CT molecular complexity index is 597. The van der Waals surface area contributed by atoms with Crippen molar-refractivity contribution in [2.75, 3.05) is 20.6 Å². The van der Waals surface area contributed by atoms with Crippen molar-refractivity contribution in [2.24, 2.45) is 11.7 Å². The maximum atomic E-state index is 12.4. The standard InChI is InChI=1S/C15H25N3O3S/c1-11(2)14(16)9-10-18(4)22(20,21)13-7-5-12(6-8-13)15(19)17-3/h5-8,11,14H,9-10,16H2,1-4H3,(H,17,19). The number of sulfonamides is 1. The van der Waals surface area contributed by atoms with Gasteiger partial charge in [0, 0.05) is 32.2 Å². The van der Waals surface area contributed by atoms with Crippen LogP contribution < -0.4 is 11.1 Å². The summed E-state index contributed by atoms with van der Waals surface area (Å²) in [5.74, 6) is 0.0585. The number of amides is 1. The number of hydrogen-bond acceptors (Lipinski definition) is 4. The van der Waals surface area contributed by atoms with Crippen molar-refractivity contribution in [1.29, 1.82) is 0 Å². The van der Waals surface area contributed by atoms with Gasteiger partial charge in [0.1, 0.15) is 0 Å². The summed E-state index contributed by atoms with van der Waals surface area (Å²) in [4.78, 5) is 11.6. The lowest BCUT2D eigenvalue weighted by molar-refractivity contribution is 0.0963. The molecule has 1 amide bonds. The summed E-state index contributed by atoms with van der Waals surface area (Å²) in [5, 5.41) is 2.49. The van der Waals surface area contributed by atoms with E-state index >= 15 is 0 Å². The van der Waals surface area contributed by atoms with Crippen LogP contribution in [0.25, 0.3) is 0 Å². The highest BCUT2D eigenvalue weighted by Gasteiger charge is 2.22. The minimum atomic E-state index is -3.56. The Morgan fingerprint density at radius 2 is 1.82 bits per heavy atom. The second-order valence-electron chi connectivity index (χ2n) is 5.63. The smallest absolute Gasteiger partial charge is 0.251 e. The zero-order valence-corrected chi connectivity index (χ0v) is 14.4. The van der Waals surface area contributed by atoms with Gasteiger partial charge in [-0.05, 0) is 36.6 Å². The first-order chi connectivity index (χ1) is 10.2. The number of nitrogens with two attached hydrogens (primary N) is 1. The first-order valence-electron chi connectivity index (χ1n) is 7.24. The average molecular weight is 327 g/mol. The van der Waals surface area contributed by atoms with Gasteiger partial charge in [0.15, 0.2) is 0 Å². The molecule has 0 aromatic heterocycles. The van der Waals surface area contributed by atoms with Gasteiger partial charge in [-0.1, -0.05) is 13.8 Å². The van der Waals surface area contributed by atoms with E-state index < -0.39 is 10.0 Å². The van der Waals surface area contributed by atoms with Gasteiger partial charge in [-0.25, -0.2) is 12.7 Å². The zero-order chi connectivity index (χ0) is 16.9. The first-order valence-corrected chi connectivity index (χ1v) is 8.68. The molecule has 0 fully saturated rings. The van der Waals surface area contributed by atoms with Gasteiger partial charge in [-0.15, -0.1) is 0 Å². The summed E-state index contributed by atoms with van der Waals surface area (Å²) in [7, 11) is -0.500. The topological polar surface area (TPSA) is 92.5 Å². The molecular formula is C15H25N3O3S. The molecule has 0 saturated heterocycles. The molecule has 22 heavy (non-hydrogen) atoms. The van der Waals surface area contributed by atoms with Gasteiger partial charge in [-0.2, -0.15) is 0 Å². The van der Waals surface area contributed by atoms with E-state index in [1.807, 2.05) is 13.8 Å². The molecule has 1 aromatic carbocycles. The Balaban J connectivity index is 2.83. The normalized spacial score (nSPS) is 13.4. The Kier molecular flexibility index (Phi) is 6.52. The molecule has 0 bridgehead atoms. The van der Waals surface area contributed by atoms with Gasteiger partial charge >= 0.3 is 0 Å². The van der Waals surface area contributed by atoms with Crippen LogP contribution in [0.15, 0.2) is 29.2 Å². The number of nitrogens with zero attached hydrogens (tertiary/aromatic N) is 1. The molecule has 3 N–H and O–H groups in total. The Hall–Kier alpha value is -1.44. The maximum absolute atomic E-state index is 12.4. The van der Waals surface area contributed by atoms with E-state index in [1.165, 1.54) is 42.7 Å². The number of rotatable bonds is 7. The van der Waals surface area contributed by atoms with Crippen molar-refractivity contribution in [3.05, 3.63) is 29.8 Å². The van der Waals surface area contributed by atoms with Crippen LogP contribution in [0.2, 0.25) is 0 Å². The quantitative estimate of drug-likeness (QED) is 0.782. The van der Waals surface area contributed by atoms with Crippen LogP contribution >= 0.6 is 0 Å². The minimum Gasteiger partial charge on any atom is -0.355 e. The van der Waals surface area contributed by atoms with E-state index in [9.17, 15) is 13.2 Å². The summed E-state index contributed by atoms with van der Waals surface area (Å²) in [6.45, 7) is 4.38. The Labute approximate surface area is 132 Å². The van der Waals surface area contributed by atoms with Crippen molar-refractivity contribution in [1.82, 2.24) is 9.62 Å². The molecule has 0 heterocycles. The van der Waals surface area contributed by atoms with Crippen molar-refractivity contribution < 1.29 is 13.2 Å². The van der Waals surface area contributed by atoms with Crippen molar-refractivity contribution in [3.8, 4) is 0 Å². The van der Waals surface area contributed by atoms with Crippen molar-refractivity contribution in [3.63, 3.8) is 0 Å². The highest BCUT2D eigenvalue weighted by atomic mass is 32.2. The SMILES string of the molecule is CNC(=O)c1ccc(S(=O)(=O)N(C)CCC(N)C(C)C)cc1. The molecule has 7 heteroatoms. The second-order valence-corrected chi connectivity index (χ2v) is 7.67. The summed E-state index contributed by atoms with van der Waals surface area (Å²) in [6, 6.07) is 5.85. The maximum Gasteiger partial charge on any atom is 0.251 e. The predicted octanol–water partition coefficient (Wildman–Crippen LogP) is 1.04. The van der Waals surface area contributed by atoms with E-state index in [-0.39, 0.29) is 16.8 Å². The van der Waals surface area contributed by atoms with Crippen LogP contribution in [-0.4, -0.2) is 45.3 Å². The van der Waals surface area contributed by atoms with Crippen molar-refractivity contribution in [2.45, 2.75) is 31.2 Å². The van der Waals surface area contributed by atoms with E-state index in [4.69, 9.17) is 5.73 Å². The van der Waals surface area contributed by atoms with E-state index in [0.29, 0.717) is 24.4 Å². The molecule has 124 valence electrons. The third-order valence-electron chi connectivity index (χ3n) is 3.69. The van der Waals surface area contributed by atoms with E-state index in [1.54, 1.807) is 0 Å². The van der Waals surface area contributed by atoms with Gasteiger partial charge in [0.25, 0.3) is 5.91 Å². The number of hydrogen-bond donors (Lipinski definition) is 2. The highest BCUT2D eigenvalue weighted by Crippen LogP contribution is 2.16. The molecule has 0 radical (unpaired) electrons. The molecule has 1 unspecified atom stereocenters. The Morgan fingerprint density at radius 1 is 1.27 bits per heavy atom. The van der Waals surface area contributed by atoms with Crippen LogP contribution in [0.1, 0.15) is 30.6 Å². The molecule has 1 rings (SSSR count). The van der Waals surface area contributed by atoms with Crippen LogP contribution in [0, 0.1) is 5.92 Å². The molecule has 0 aliphatic heterocycles. The lowest BCUT2D eigenvalue weighted by Gasteiger charge is -2.21. The van der Waals surface area contributed by atoms with Crippen LogP contribution in [0.5, 0.6) is 0 Å². The minimum absolute atomic E-state index is 0.0340. The average Bonchev–Trinajstić information content (AvgIpc) is 2.51. The zero-order valence-electron chi connectivity index (χ0n) is 13.5. The number of nitrogens with one attached hydrogen (secondary N) is 1. The molecule has 0 spiro atoms. The largest absolute Gasteiger partial charge is 0.355 e. The number of carbonyl (C=O) groups is 1. The van der Waals surface area contributed by atoms with Crippen LogP contribution in [-0.2, 0) is 10.0 Å². The fourth-order valence-corrected chi connectivity index (χ4v) is 3.07. The molecule has 0 aliphatic rings. The molecule has 0 saturated carbocycles. The second kappa shape index (κ2) is 7.71. The molecule has 0 aliphatic carbocycles. The van der Waals surface area contributed by atoms with Gasteiger partial charge in [-0.3, -0.25) is 4.79 Å². The van der Waals surface area contributed by atoms with Gasteiger partial charge in [0.05, 0.1) is 4.90 Å². The van der Waals surface area contributed by atoms with E-state index in [0.717, 1.165) is 0 Å². The van der Waals surface area contributed by atoms with Crippen molar-refractivity contribution >= 4 is 15.9 Å². The summed E-state index contributed by atoms with van der Waals surface area (Å²) >= 11 is 0. The third-order valence-corrected chi connectivity index (χ3v) is 5.56. The van der Waals surface area contributed by atoms with Crippen LogP contribution in [0.3, 0.4) is 0 Å². The molecule has 6 nitrogen and oxygen atoms in total.